The fraction of sp³-hybridized carbons (Fsp3) is 0.412. The Balaban J connectivity index is 1.56. The predicted octanol–water partition coefficient (Wildman–Crippen LogP) is 0.611. The smallest absolute Gasteiger partial charge is 0.329 e. The Morgan fingerprint density at radius 2 is 1.85 bits per heavy atom. The summed E-state index contributed by atoms with van der Waals surface area (Å²) in [7, 11) is 0. The van der Waals surface area contributed by atoms with Crippen LogP contribution in [0.25, 0.3) is 10.9 Å². The SMILES string of the molecule is O=C1NCCN1C(=O)N1CCC(n2c(=O)[nH]c3ccc(F)cc3c2=O)CC1. The molecular formula is C17H18FN5O4. The van der Waals surface area contributed by atoms with E-state index < -0.39 is 29.1 Å². The van der Waals surface area contributed by atoms with Gasteiger partial charge in [0, 0.05) is 32.2 Å². The van der Waals surface area contributed by atoms with Crippen molar-refractivity contribution in [1.82, 2.24) is 24.7 Å². The number of urea groups is 2. The third-order valence-corrected chi connectivity index (χ3v) is 5.08. The van der Waals surface area contributed by atoms with Crippen LogP contribution in [-0.2, 0) is 0 Å². The molecule has 2 aromatic rings. The molecule has 27 heavy (non-hydrogen) atoms. The van der Waals surface area contributed by atoms with Crippen LogP contribution in [0.15, 0.2) is 27.8 Å². The first-order chi connectivity index (χ1) is 13.0. The van der Waals surface area contributed by atoms with Crippen LogP contribution in [0, 0.1) is 5.82 Å². The average molecular weight is 375 g/mol. The minimum absolute atomic E-state index is 0.113. The summed E-state index contributed by atoms with van der Waals surface area (Å²) in [6.45, 7) is 1.40. The van der Waals surface area contributed by atoms with E-state index >= 15 is 0 Å². The second kappa shape index (κ2) is 6.53. The Hall–Kier alpha value is -3.17. The third kappa shape index (κ3) is 2.96. The van der Waals surface area contributed by atoms with Crippen LogP contribution in [0.4, 0.5) is 14.0 Å². The number of benzene rings is 1. The molecule has 3 heterocycles. The molecular weight excluding hydrogens is 357 g/mol. The second-order valence-electron chi connectivity index (χ2n) is 6.68. The number of hydrogen-bond acceptors (Lipinski definition) is 4. The largest absolute Gasteiger partial charge is 0.336 e. The van der Waals surface area contributed by atoms with Crippen molar-refractivity contribution in [2.24, 2.45) is 0 Å². The van der Waals surface area contributed by atoms with Gasteiger partial charge in [-0.05, 0) is 31.0 Å². The van der Waals surface area contributed by atoms with Gasteiger partial charge in [0.2, 0.25) is 0 Å². The second-order valence-corrected chi connectivity index (χ2v) is 6.68. The zero-order valence-electron chi connectivity index (χ0n) is 14.4. The molecule has 2 N–H and O–H groups in total. The predicted molar refractivity (Wildman–Crippen MR) is 94.1 cm³/mol. The fourth-order valence-corrected chi connectivity index (χ4v) is 3.67. The van der Waals surface area contributed by atoms with E-state index in [1.165, 1.54) is 12.1 Å². The number of nitrogens with one attached hydrogen (secondary N) is 2. The van der Waals surface area contributed by atoms with Gasteiger partial charge in [0.05, 0.1) is 10.9 Å². The molecule has 1 aromatic carbocycles. The maximum atomic E-state index is 13.5. The summed E-state index contributed by atoms with van der Waals surface area (Å²) < 4.78 is 14.6. The lowest BCUT2D eigenvalue weighted by Crippen LogP contribution is -2.49. The minimum atomic E-state index is -0.553. The Morgan fingerprint density at radius 1 is 1.11 bits per heavy atom. The van der Waals surface area contributed by atoms with Gasteiger partial charge < -0.3 is 15.2 Å². The zero-order valence-corrected chi connectivity index (χ0v) is 14.4. The average Bonchev–Trinajstić information content (AvgIpc) is 3.08. The first-order valence-corrected chi connectivity index (χ1v) is 8.74. The van der Waals surface area contributed by atoms with Gasteiger partial charge in [0.1, 0.15) is 5.82 Å². The van der Waals surface area contributed by atoms with Crippen molar-refractivity contribution in [2.75, 3.05) is 26.2 Å². The number of rotatable bonds is 1. The van der Waals surface area contributed by atoms with Gasteiger partial charge >= 0.3 is 17.8 Å². The molecule has 1 aromatic heterocycles. The van der Waals surface area contributed by atoms with Gasteiger partial charge in [-0.1, -0.05) is 0 Å². The molecule has 2 fully saturated rings. The number of aromatic amines is 1. The van der Waals surface area contributed by atoms with Crippen molar-refractivity contribution < 1.29 is 14.0 Å². The number of halogens is 1. The maximum Gasteiger partial charge on any atom is 0.329 e. The van der Waals surface area contributed by atoms with Crippen LogP contribution < -0.4 is 16.6 Å². The summed E-state index contributed by atoms with van der Waals surface area (Å²) in [5.41, 5.74) is -0.810. The van der Waals surface area contributed by atoms with Crippen LogP contribution in [0.3, 0.4) is 0 Å². The number of fused-ring (bicyclic) bond motifs is 1. The number of piperidine rings is 1. The van der Waals surface area contributed by atoms with E-state index in [-0.39, 0.29) is 16.9 Å². The minimum Gasteiger partial charge on any atom is -0.336 e. The van der Waals surface area contributed by atoms with E-state index in [9.17, 15) is 23.6 Å². The molecule has 9 nitrogen and oxygen atoms in total. The van der Waals surface area contributed by atoms with Crippen molar-refractivity contribution in [1.29, 1.82) is 0 Å². The highest BCUT2D eigenvalue weighted by Crippen LogP contribution is 2.22. The van der Waals surface area contributed by atoms with Crippen LogP contribution in [0.5, 0.6) is 0 Å². The fourth-order valence-electron chi connectivity index (χ4n) is 3.67. The van der Waals surface area contributed by atoms with E-state index in [0.717, 1.165) is 15.5 Å². The lowest BCUT2D eigenvalue weighted by molar-refractivity contribution is 0.143. The summed E-state index contributed by atoms with van der Waals surface area (Å²) in [6, 6.07) is 2.47. The first-order valence-electron chi connectivity index (χ1n) is 8.74. The van der Waals surface area contributed by atoms with Gasteiger partial charge in [0.25, 0.3) is 5.56 Å². The van der Waals surface area contributed by atoms with Crippen molar-refractivity contribution in [3.63, 3.8) is 0 Å². The van der Waals surface area contributed by atoms with E-state index in [2.05, 4.69) is 10.3 Å². The summed E-state index contributed by atoms with van der Waals surface area (Å²) >= 11 is 0. The zero-order chi connectivity index (χ0) is 19.1. The Labute approximate surface area is 152 Å². The molecule has 0 atom stereocenters. The molecule has 2 saturated heterocycles. The molecule has 0 spiro atoms. The van der Waals surface area contributed by atoms with Gasteiger partial charge in [-0.3, -0.25) is 9.36 Å². The molecule has 4 amide bonds. The molecule has 0 unspecified atom stereocenters. The van der Waals surface area contributed by atoms with E-state index in [0.29, 0.717) is 39.0 Å². The van der Waals surface area contributed by atoms with Gasteiger partial charge in [0.15, 0.2) is 0 Å². The number of H-pyrrole nitrogens is 1. The van der Waals surface area contributed by atoms with Crippen LogP contribution in [-0.4, -0.2) is 57.6 Å². The highest BCUT2D eigenvalue weighted by molar-refractivity contribution is 5.95. The van der Waals surface area contributed by atoms with E-state index in [4.69, 9.17) is 0 Å². The molecule has 2 aliphatic rings. The lowest BCUT2D eigenvalue weighted by Gasteiger charge is -2.34. The topological polar surface area (TPSA) is 108 Å². The van der Waals surface area contributed by atoms with Crippen LogP contribution in [0.1, 0.15) is 18.9 Å². The molecule has 142 valence electrons. The molecule has 0 bridgehead atoms. The summed E-state index contributed by atoms with van der Waals surface area (Å²) in [5.74, 6) is -0.553. The molecule has 10 heteroatoms. The monoisotopic (exact) mass is 375 g/mol. The van der Waals surface area contributed by atoms with E-state index in [1.807, 2.05) is 0 Å². The highest BCUT2D eigenvalue weighted by atomic mass is 19.1. The molecule has 0 aliphatic carbocycles. The van der Waals surface area contributed by atoms with Gasteiger partial charge in [-0.25, -0.2) is 23.7 Å². The first kappa shape index (κ1) is 17.3. The van der Waals surface area contributed by atoms with E-state index in [1.54, 1.807) is 4.90 Å². The van der Waals surface area contributed by atoms with Crippen molar-refractivity contribution in [2.45, 2.75) is 18.9 Å². The van der Waals surface area contributed by atoms with Crippen molar-refractivity contribution in [3.8, 4) is 0 Å². The molecule has 0 saturated carbocycles. The molecule has 4 rings (SSSR count). The summed E-state index contributed by atoms with van der Waals surface area (Å²) in [6.07, 6.45) is 0.788. The molecule has 2 aliphatic heterocycles. The van der Waals surface area contributed by atoms with Gasteiger partial charge in [-0.2, -0.15) is 0 Å². The number of nitrogens with zero attached hydrogens (tertiary/aromatic N) is 3. The third-order valence-electron chi connectivity index (χ3n) is 5.08. The normalized spacial score (nSPS) is 18.2. The van der Waals surface area contributed by atoms with Crippen LogP contribution >= 0.6 is 0 Å². The summed E-state index contributed by atoms with van der Waals surface area (Å²) in [4.78, 5) is 54.4. The highest BCUT2D eigenvalue weighted by Gasteiger charge is 2.33. The Bertz CT molecular complexity index is 1040. The number of carbonyl (C=O) groups excluding carboxylic acids is 2. The quantitative estimate of drug-likeness (QED) is 0.761. The number of amides is 4. The standard InChI is InChI=1S/C17H18FN5O4/c18-10-1-2-13-12(9-10)14(24)23(16(26)20-13)11-3-6-21(7-4-11)17(27)22-8-5-19-15(22)25/h1-2,9,11H,3-8H2,(H,19,25)(H,20,26). The number of imide groups is 1. The Morgan fingerprint density at radius 3 is 2.52 bits per heavy atom. The number of aromatic nitrogens is 2. The van der Waals surface area contributed by atoms with Crippen molar-refractivity contribution in [3.05, 3.63) is 44.9 Å². The number of carbonyl (C=O) groups is 2. The number of hydrogen-bond donors (Lipinski definition) is 2. The van der Waals surface area contributed by atoms with Crippen molar-refractivity contribution >= 4 is 23.0 Å². The van der Waals surface area contributed by atoms with Crippen LogP contribution in [0.2, 0.25) is 0 Å². The van der Waals surface area contributed by atoms with Gasteiger partial charge in [-0.15, -0.1) is 0 Å². The molecule has 0 radical (unpaired) electrons. The number of likely N-dealkylation sites (tertiary alicyclic amines) is 1. The lowest BCUT2D eigenvalue weighted by atomic mass is 10.0. The summed E-state index contributed by atoms with van der Waals surface area (Å²) in [5, 5.41) is 2.69. The Kier molecular flexibility index (Phi) is 4.17. The maximum absolute atomic E-state index is 13.5.